The Hall–Kier alpha value is -0.610. The van der Waals surface area contributed by atoms with Crippen LogP contribution in [0.5, 0.6) is 0 Å². The summed E-state index contributed by atoms with van der Waals surface area (Å²) < 4.78 is 0. The van der Waals surface area contributed by atoms with Crippen LogP contribution in [0.2, 0.25) is 0 Å². The second-order valence-corrected chi connectivity index (χ2v) is 5.18. The predicted molar refractivity (Wildman–Crippen MR) is 64.1 cm³/mol. The first-order valence-corrected chi connectivity index (χ1v) is 6.10. The lowest BCUT2D eigenvalue weighted by Gasteiger charge is -2.36. The van der Waals surface area contributed by atoms with Crippen LogP contribution in [0.25, 0.3) is 0 Å². The molecular weight excluding hydrogens is 204 g/mol. The van der Waals surface area contributed by atoms with Crippen LogP contribution < -0.4 is 5.32 Å². The molecule has 1 fully saturated rings. The zero-order valence-electron chi connectivity index (χ0n) is 10.6. The van der Waals surface area contributed by atoms with Gasteiger partial charge in [0.25, 0.3) is 0 Å². The van der Waals surface area contributed by atoms with Gasteiger partial charge in [-0.15, -0.1) is 0 Å². The van der Waals surface area contributed by atoms with Crippen LogP contribution >= 0.6 is 0 Å². The van der Waals surface area contributed by atoms with Crippen LogP contribution in [0.4, 0.5) is 0 Å². The molecule has 0 aliphatic carbocycles. The van der Waals surface area contributed by atoms with E-state index in [4.69, 9.17) is 0 Å². The molecule has 0 aromatic heterocycles. The van der Waals surface area contributed by atoms with Gasteiger partial charge in [-0.1, -0.05) is 6.92 Å². The molecule has 1 aliphatic heterocycles. The van der Waals surface area contributed by atoms with Crippen LogP contribution in [0, 0.1) is 5.41 Å². The second kappa shape index (κ2) is 5.64. The largest absolute Gasteiger partial charge is 0.393 e. The van der Waals surface area contributed by atoms with Crippen LogP contribution in [0.15, 0.2) is 0 Å². The first kappa shape index (κ1) is 13.5. The summed E-state index contributed by atoms with van der Waals surface area (Å²) >= 11 is 0. The van der Waals surface area contributed by atoms with Crippen LogP contribution in [-0.4, -0.2) is 48.7 Å². The maximum absolute atomic E-state index is 12.2. The molecule has 1 amide bonds. The van der Waals surface area contributed by atoms with Gasteiger partial charge in [-0.3, -0.25) is 4.79 Å². The summed E-state index contributed by atoms with van der Waals surface area (Å²) in [5.41, 5.74) is -0.210. The number of hydrogen-bond donors (Lipinski definition) is 2. The molecule has 1 saturated heterocycles. The number of amides is 1. The molecule has 0 bridgehead atoms. The van der Waals surface area contributed by atoms with E-state index in [1.807, 2.05) is 7.05 Å². The van der Waals surface area contributed by atoms with Gasteiger partial charge in [-0.05, 0) is 39.3 Å². The molecule has 1 heterocycles. The minimum absolute atomic E-state index is 0.210. The van der Waals surface area contributed by atoms with Gasteiger partial charge in [0.15, 0.2) is 0 Å². The van der Waals surface area contributed by atoms with Gasteiger partial charge in [0.1, 0.15) is 0 Å². The first-order valence-electron chi connectivity index (χ1n) is 6.10. The Morgan fingerprint density at radius 2 is 2.06 bits per heavy atom. The topological polar surface area (TPSA) is 52.6 Å². The molecule has 1 rings (SSSR count). The number of aliphatic hydroxyl groups is 1. The van der Waals surface area contributed by atoms with Crippen LogP contribution in [-0.2, 0) is 4.79 Å². The number of piperidine rings is 1. The Morgan fingerprint density at radius 1 is 1.50 bits per heavy atom. The molecule has 4 heteroatoms. The molecule has 1 atom stereocenters. The van der Waals surface area contributed by atoms with Crippen molar-refractivity contribution >= 4 is 5.91 Å². The standard InChI is InChI=1S/C12H24N2O2/c1-10(15)4-9-14(3)11(16)12(2)5-7-13-8-6-12/h10,13,15H,4-9H2,1-3H3. The van der Waals surface area contributed by atoms with E-state index in [2.05, 4.69) is 12.2 Å². The molecule has 1 aliphatic rings. The van der Waals surface area contributed by atoms with E-state index in [-0.39, 0.29) is 17.4 Å². The van der Waals surface area contributed by atoms with Crippen molar-refractivity contribution in [1.29, 1.82) is 0 Å². The molecule has 94 valence electrons. The molecule has 0 radical (unpaired) electrons. The fraction of sp³-hybridized carbons (Fsp3) is 0.917. The lowest BCUT2D eigenvalue weighted by atomic mass is 9.79. The van der Waals surface area contributed by atoms with Gasteiger partial charge in [0, 0.05) is 19.0 Å². The Kier molecular flexibility index (Phi) is 4.74. The van der Waals surface area contributed by atoms with E-state index < -0.39 is 0 Å². The summed E-state index contributed by atoms with van der Waals surface area (Å²) in [6.07, 6.45) is 2.13. The number of rotatable bonds is 4. The number of nitrogens with zero attached hydrogens (tertiary/aromatic N) is 1. The van der Waals surface area contributed by atoms with Crippen molar-refractivity contribution in [3.05, 3.63) is 0 Å². The van der Waals surface area contributed by atoms with E-state index in [9.17, 15) is 9.90 Å². The van der Waals surface area contributed by atoms with Gasteiger partial charge < -0.3 is 15.3 Å². The summed E-state index contributed by atoms with van der Waals surface area (Å²) in [7, 11) is 1.83. The second-order valence-electron chi connectivity index (χ2n) is 5.18. The third-order valence-corrected chi connectivity index (χ3v) is 3.45. The van der Waals surface area contributed by atoms with Gasteiger partial charge in [0.05, 0.1) is 6.10 Å². The van der Waals surface area contributed by atoms with Crippen molar-refractivity contribution in [3.8, 4) is 0 Å². The van der Waals surface area contributed by atoms with E-state index in [0.717, 1.165) is 25.9 Å². The van der Waals surface area contributed by atoms with Gasteiger partial charge in [-0.25, -0.2) is 0 Å². The normalized spacial score (nSPS) is 21.5. The summed E-state index contributed by atoms with van der Waals surface area (Å²) in [5, 5.41) is 12.5. The van der Waals surface area contributed by atoms with Crippen molar-refractivity contribution in [2.24, 2.45) is 5.41 Å². The van der Waals surface area contributed by atoms with Crippen molar-refractivity contribution in [2.75, 3.05) is 26.7 Å². The van der Waals surface area contributed by atoms with Crippen molar-refractivity contribution < 1.29 is 9.90 Å². The highest BCUT2D eigenvalue weighted by Gasteiger charge is 2.36. The van der Waals surface area contributed by atoms with E-state index in [1.54, 1.807) is 11.8 Å². The van der Waals surface area contributed by atoms with Crippen LogP contribution in [0.1, 0.15) is 33.1 Å². The highest BCUT2D eigenvalue weighted by atomic mass is 16.3. The molecule has 0 aromatic rings. The minimum Gasteiger partial charge on any atom is -0.393 e. The molecule has 16 heavy (non-hydrogen) atoms. The molecule has 0 aromatic carbocycles. The monoisotopic (exact) mass is 228 g/mol. The van der Waals surface area contributed by atoms with E-state index in [0.29, 0.717) is 13.0 Å². The smallest absolute Gasteiger partial charge is 0.228 e. The lowest BCUT2D eigenvalue weighted by molar-refractivity contribution is -0.141. The summed E-state index contributed by atoms with van der Waals surface area (Å²) in [5.74, 6) is 0.217. The zero-order valence-corrected chi connectivity index (χ0v) is 10.6. The fourth-order valence-corrected chi connectivity index (χ4v) is 2.14. The Morgan fingerprint density at radius 3 is 2.56 bits per heavy atom. The molecule has 0 spiro atoms. The quantitative estimate of drug-likeness (QED) is 0.741. The van der Waals surface area contributed by atoms with Crippen LogP contribution in [0.3, 0.4) is 0 Å². The van der Waals surface area contributed by atoms with Gasteiger partial charge >= 0.3 is 0 Å². The average molecular weight is 228 g/mol. The maximum Gasteiger partial charge on any atom is 0.228 e. The third kappa shape index (κ3) is 3.46. The highest BCUT2D eigenvalue weighted by molar-refractivity contribution is 5.82. The van der Waals surface area contributed by atoms with E-state index in [1.165, 1.54) is 0 Å². The number of aliphatic hydroxyl groups excluding tert-OH is 1. The molecular formula is C12H24N2O2. The SMILES string of the molecule is CC(O)CCN(C)C(=O)C1(C)CCNCC1. The number of hydrogen-bond acceptors (Lipinski definition) is 3. The summed E-state index contributed by atoms with van der Waals surface area (Å²) in [6.45, 7) is 6.29. The maximum atomic E-state index is 12.2. The number of carbonyl (C=O) groups is 1. The Bertz CT molecular complexity index is 235. The van der Waals surface area contributed by atoms with Crippen molar-refractivity contribution in [1.82, 2.24) is 10.2 Å². The molecule has 0 saturated carbocycles. The lowest BCUT2D eigenvalue weighted by Crippen LogP contribution is -2.46. The summed E-state index contributed by atoms with van der Waals surface area (Å²) in [6, 6.07) is 0. The zero-order chi connectivity index (χ0) is 12.2. The minimum atomic E-state index is -0.337. The third-order valence-electron chi connectivity index (χ3n) is 3.45. The Balaban J connectivity index is 2.48. The predicted octanol–water partition coefficient (Wildman–Crippen LogP) is 0.605. The summed E-state index contributed by atoms with van der Waals surface area (Å²) in [4.78, 5) is 14.0. The number of nitrogens with one attached hydrogen (secondary N) is 1. The van der Waals surface area contributed by atoms with Crippen molar-refractivity contribution in [3.63, 3.8) is 0 Å². The van der Waals surface area contributed by atoms with E-state index >= 15 is 0 Å². The average Bonchev–Trinajstić information content (AvgIpc) is 2.25. The molecule has 4 nitrogen and oxygen atoms in total. The Labute approximate surface area is 98.0 Å². The molecule has 2 N–H and O–H groups in total. The molecule has 1 unspecified atom stereocenters. The van der Waals surface area contributed by atoms with Gasteiger partial charge in [0.2, 0.25) is 5.91 Å². The van der Waals surface area contributed by atoms with Crippen molar-refractivity contribution in [2.45, 2.75) is 39.2 Å². The number of carbonyl (C=O) groups excluding carboxylic acids is 1. The first-order chi connectivity index (χ1) is 7.46. The van der Waals surface area contributed by atoms with Gasteiger partial charge in [-0.2, -0.15) is 0 Å². The fourth-order valence-electron chi connectivity index (χ4n) is 2.14. The highest BCUT2D eigenvalue weighted by Crippen LogP contribution is 2.29.